The van der Waals surface area contributed by atoms with Crippen molar-refractivity contribution in [3.8, 4) is 5.75 Å². The zero-order chi connectivity index (χ0) is 21.1. The Labute approximate surface area is 178 Å². The lowest BCUT2D eigenvalue weighted by atomic mass is 10.0. The summed E-state index contributed by atoms with van der Waals surface area (Å²) in [6, 6.07) is 15.1. The first-order valence-corrected chi connectivity index (χ1v) is 10.9. The SMILES string of the molecule is Cc1ccc(OC2CCN(C(=O)C3CCCN3C(=O)c3ccccc3)CC2)cc1C. The fourth-order valence-electron chi connectivity index (χ4n) is 4.40. The second-order valence-electron chi connectivity index (χ2n) is 8.41. The van der Waals surface area contributed by atoms with Gasteiger partial charge in [-0.1, -0.05) is 24.3 Å². The molecule has 0 spiro atoms. The first-order valence-electron chi connectivity index (χ1n) is 10.9. The Morgan fingerprint density at radius 3 is 2.33 bits per heavy atom. The van der Waals surface area contributed by atoms with Crippen LogP contribution < -0.4 is 4.74 Å². The van der Waals surface area contributed by atoms with Gasteiger partial charge in [0.2, 0.25) is 5.91 Å². The number of likely N-dealkylation sites (tertiary alicyclic amines) is 2. The number of nitrogens with zero attached hydrogens (tertiary/aromatic N) is 2. The number of hydrogen-bond donors (Lipinski definition) is 0. The molecule has 2 aromatic rings. The molecule has 0 aromatic heterocycles. The summed E-state index contributed by atoms with van der Waals surface area (Å²) >= 11 is 0. The Balaban J connectivity index is 1.34. The van der Waals surface area contributed by atoms with Gasteiger partial charge in [0.05, 0.1) is 0 Å². The highest BCUT2D eigenvalue weighted by molar-refractivity contribution is 5.98. The monoisotopic (exact) mass is 406 g/mol. The lowest BCUT2D eigenvalue weighted by Crippen LogP contribution is -2.51. The molecule has 2 aliphatic heterocycles. The number of amides is 2. The van der Waals surface area contributed by atoms with Gasteiger partial charge in [0.15, 0.2) is 0 Å². The second-order valence-corrected chi connectivity index (χ2v) is 8.41. The normalized spacial score (nSPS) is 19.7. The van der Waals surface area contributed by atoms with Crippen LogP contribution >= 0.6 is 0 Å². The van der Waals surface area contributed by atoms with E-state index in [0.717, 1.165) is 31.4 Å². The number of benzene rings is 2. The van der Waals surface area contributed by atoms with Crippen LogP contribution in [0.3, 0.4) is 0 Å². The summed E-state index contributed by atoms with van der Waals surface area (Å²) in [6.45, 7) is 6.19. The summed E-state index contributed by atoms with van der Waals surface area (Å²) in [7, 11) is 0. The average molecular weight is 407 g/mol. The maximum atomic E-state index is 13.2. The number of aryl methyl sites for hydroxylation is 2. The Morgan fingerprint density at radius 2 is 1.63 bits per heavy atom. The third-order valence-corrected chi connectivity index (χ3v) is 6.35. The van der Waals surface area contributed by atoms with E-state index in [1.54, 1.807) is 4.90 Å². The molecule has 0 aliphatic carbocycles. The minimum absolute atomic E-state index is 0.0422. The highest BCUT2D eigenvalue weighted by atomic mass is 16.5. The predicted molar refractivity (Wildman–Crippen MR) is 117 cm³/mol. The van der Waals surface area contributed by atoms with E-state index in [9.17, 15) is 9.59 Å². The maximum Gasteiger partial charge on any atom is 0.254 e. The van der Waals surface area contributed by atoms with Gasteiger partial charge in [-0.25, -0.2) is 0 Å². The van der Waals surface area contributed by atoms with E-state index >= 15 is 0 Å². The molecule has 5 nitrogen and oxygen atoms in total. The smallest absolute Gasteiger partial charge is 0.254 e. The summed E-state index contributed by atoms with van der Waals surface area (Å²) < 4.78 is 6.16. The average Bonchev–Trinajstić information content (AvgIpc) is 3.26. The zero-order valence-electron chi connectivity index (χ0n) is 17.8. The van der Waals surface area contributed by atoms with Crippen molar-refractivity contribution < 1.29 is 14.3 Å². The first-order chi connectivity index (χ1) is 14.5. The van der Waals surface area contributed by atoms with Crippen LogP contribution in [0.25, 0.3) is 0 Å². The third-order valence-electron chi connectivity index (χ3n) is 6.35. The number of piperidine rings is 1. The van der Waals surface area contributed by atoms with E-state index in [2.05, 4.69) is 26.0 Å². The van der Waals surface area contributed by atoms with E-state index in [1.807, 2.05) is 41.3 Å². The van der Waals surface area contributed by atoms with Crippen LogP contribution in [0.15, 0.2) is 48.5 Å². The highest BCUT2D eigenvalue weighted by Gasteiger charge is 2.38. The molecule has 158 valence electrons. The van der Waals surface area contributed by atoms with Gasteiger partial charge in [-0.3, -0.25) is 9.59 Å². The molecule has 30 heavy (non-hydrogen) atoms. The molecule has 2 amide bonds. The minimum Gasteiger partial charge on any atom is -0.490 e. The fraction of sp³-hybridized carbons (Fsp3) is 0.440. The van der Waals surface area contributed by atoms with E-state index in [-0.39, 0.29) is 24.0 Å². The number of carbonyl (C=O) groups excluding carboxylic acids is 2. The lowest BCUT2D eigenvalue weighted by Gasteiger charge is -2.35. The molecule has 2 saturated heterocycles. The standard InChI is InChI=1S/C25H30N2O3/c1-18-10-11-22(17-19(18)2)30-21-12-15-26(16-13-21)25(29)23-9-6-14-27(23)24(28)20-7-4-3-5-8-20/h3-5,7-8,10-11,17,21,23H,6,9,12-16H2,1-2H3. The van der Waals surface area contributed by atoms with Gasteiger partial charge in [0.25, 0.3) is 5.91 Å². The van der Waals surface area contributed by atoms with Crippen LogP contribution in [0, 0.1) is 13.8 Å². The Morgan fingerprint density at radius 1 is 0.900 bits per heavy atom. The number of hydrogen-bond acceptors (Lipinski definition) is 3. The summed E-state index contributed by atoms with van der Waals surface area (Å²) in [5.41, 5.74) is 3.14. The van der Waals surface area contributed by atoms with Gasteiger partial charge in [0, 0.05) is 38.0 Å². The van der Waals surface area contributed by atoms with Crippen LogP contribution in [0.5, 0.6) is 5.75 Å². The maximum absolute atomic E-state index is 13.2. The van der Waals surface area contributed by atoms with Crippen LogP contribution in [0.2, 0.25) is 0 Å². The van der Waals surface area contributed by atoms with E-state index in [4.69, 9.17) is 4.74 Å². The fourth-order valence-corrected chi connectivity index (χ4v) is 4.40. The molecule has 2 fully saturated rings. The topological polar surface area (TPSA) is 49.9 Å². The number of ether oxygens (including phenoxy) is 1. The van der Waals surface area contributed by atoms with Gasteiger partial charge in [-0.2, -0.15) is 0 Å². The Hall–Kier alpha value is -2.82. The van der Waals surface area contributed by atoms with Gasteiger partial charge in [-0.05, 0) is 62.1 Å². The number of carbonyl (C=O) groups is 2. The minimum atomic E-state index is -0.338. The molecular weight excluding hydrogens is 376 g/mol. The van der Waals surface area contributed by atoms with E-state index < -0.39 is 0 Å². The van der Waals surface area contributed by atoms with E-state index in [0.29, 0.717) is 25.2 Å². The third kappa shape index (κ3) is 4.35. The predicted octanol–water partition coefficient (Wildman–Crippen LogP) is 3.98. The summed E-state index contributed by atoms with van der Waals surface area (Å²) in [5.74, 6) is 0.944. The Bertz CT molecular complexity index is 904. The van der Waals surface area contributed by atoms with Crippen molar-refractivity contribution in [2.24, 2.45) is 0 Å². The van der Waals surface area contributed by atoms with Crippen molar-refractivity contribution in [2.45, 2.75) is 51.7 Å². The Kier molecular flexibility index (Phi) is 6.07. The van der Waals surface area contributed by atoms with Crippen LogP contribution in [0.1, 0.15) is 47.2 Å². The molecule has 0 saturated carbocycles. The van der Waals surface area contributed by atoms with E-state index in [1.165, 1.54) is 11.1 Å². The molecule has 2 heterocycles. The van der Waals surface area contributed by atoms with Gasteiger partial charge < -0.3 is 14.5 Å². The van der Waals surface area contributed by atoms with Crippen LogP contribution in [0.4, 0.5) is 0 Å². The molecular formula is C25H30N2O3. The lowest BCUT2D eigenvalue weighted by molar-refractivity contribution is -0.137. The molecule has 5 heteroatoms. The second kappa shape index (κ2) is 8.90. The summed E-state index contributed by atoms with van der Waals surface area (Å²) in [4.78, 5) is 29.7. The van der Waals surface area contributed by atoms with Crippen molar-refractivity contribution in [3.63, 3.8) is 0 Å². The molecule has 0 N–H and O–H groups in total. The van der Waals surface area contributed by atoms with Crippen LogP contribution in [-0.2, 0) is 4.79 Å². The van der Waals surface area contributed by atoms with Crippen LogP contribution in [-0.4, -0.2) is 53.4 Å². The largest absolute Gasteiger partial charge is 0.490 e. The summed E-state index contributed by atoms with van der Waals surface area (Å²) in [5, 5.41) is 0. The summed E-state index contributed by atoms with van der Waals surface area (Å²) in [6.07, 6.45) is 3.38. The highest BCUT2D eigenvalue weighted by Crippen LogP contribution is 2.25. The molecule has 2 aromatic carbocycles. The molecule has 4 rings (SSSR count). The van der Waals surface area contributed by atoms with Crippen molar-refractivity contribution in [3.05, 3.63) is 65.2 Å². The first kappa shape index (κ1) is 20.5. The zero-order valence-corrected chi connectivity index (χ0v) is 17.8. The van der Waals surface area contributed by atoms with Crippen molar-refractivity contribution in [1.29, 1.82) is 0 Å². The quantitative estimate of drug-likeness (QED) is 0.772. The van der Waals surface area contributed by atoms with Gasteiger partial charge in [0.1, 0.15) is 17.9 Å². The molecule has 1 unspecified atom stereocenters. The van der Waals surface area contributed by atoms with Crippen molar-refractivity contribution in [2.75, 3.05) is 19.6 Å². The molecule has 0 radical (unpaired) electrons. The molecule has 1 atom stereocenters. The molecule has 0 bridgehead atoms. The van der Waals surface area contributed by atoms with Crippen molar-refractivity contribution in [1.82, 2.24) is 9.80 Å². The molecule has 2 aliphatic rings. The van der Waals surface area contributed by atoms with Gasteiger partial charge in [-0.15, -0.1) is 0 Å². The van der Waals surface area contributed by atoms with Gasteiger partial charge >= 0.3 is 0 Å². The number of rotatable bonds is 4. The van der Waals surface area contributed by atoms with Crippen molar-refractivity contribution >= 4 is 11.8 Å².